The topological polar surface area (TPSA) is 24.1 Å². The monoisotopic (exact) mass is 242 g/mol. The molecule has 0 aliphatic carbocycles. The molecule has 0 bridgehead atoms. The summed E-state index contributed by atoms with van der Waals surface area (Å²) in [6, 6.07) is -0.167. The van der Waals surface area contributed by atoms with E-state index in [-0.39, 0.29) is 12.1 Å². The molecule has 0 aliphatic heterocycles. The normalized spacial score (nSPS) is 18.6. The number of hydrogen-bond acceptors (Lipinski definition) is 2. The average molecular weight is 242 g/mol. The van der Waals surface area contributed by atoms with Crippen LogP contribution in [0.3, 0.4) is 0 Å². The number of halogens is 3. The molecule has 0 saturated carbocycles. The van der Waals surface area contributed by atoms with Crippen LogP contribution >= 0.6 is 0 Å². The Kier molecular flexibility index (Phi) is 6.46. The molecule has 2 unspecified atom stereocenters. The number of alkyl halides is 3. The van der Waals surface area contributed by atoms with Crippen molar-refractivity contribution in [3.63, 3.8) is 0 Å². The predicted molar refractivity (Wildman–Crippen MR) is 59.0 cm³/mol. The molecule has 6 heteroatoms. The summed E-state index contributed by atoms with van der Waals surface area (Å²) in [4.78, 5) is 5.35. The molecule has 15 heavy (non-hydrogen) atoms. The van der Waals surface area contributed by atoms with E-state index in [4.69, 9.17) is 0 Å². The molecule has 0 aromatic heterocycles. The van der Waals surface area contributed by atoms with Gasteiger partial charge in [-0.2, -0.15) is 13.2 Å². The maximum Gasteiger partial charge on any atom is 0.389 e. The second kappa shape index (κ2) is 6.50. The lowest BCUT2D eigenvalue weighted by atomic mass is 10.3. The molecule has 0 heterocycles. The second-order valence-corrected chi connectivity index (χ2v) is 6.11. The standard InChI is InChI=1S/C9H21F3N2Si/c1-5-7(3)13-15(9(10,11)12)14-8(4)6-2/h7-8,13-15H,5-6H2,1-4H3. The van der Waals surface area contributed by atoms with Crippen LogP contribution < -0.4 is 9.96 Å². The molecule has 0 rings (SSSR count). The van der Waals surface area contributed by atoms with Crippen molar-refractivity contribution >= 4 is 9.12 Å². The largest absolute Gasteiger partial charge is 0.389 e. The molecular weight excluding hydrogens is 221 g/mol. The minimum absolute atomic E-state index is 0.0835. The van der Waals surface area contributed by atoms with Crippen molar-refractivity contribution in [2.45, 2.75) is 58.4 Å². The van der Waals surface area contributed by atoms with Gasteiger partial charge in [0.15, 0.2) is 0 Å². The van der Waals surface area contributed by atoms with Crippen LogP contribution in [0.1, 0.15) is 40.5 Å². The van der Waals surface area contributed by atoms with Gasteiger partial charge in [-0.05, 0) is 24.9 Å². The van der Waals surface area contributed by atoms with Gasteiger partial charge in [-0.15, -0.1) is 0 Å². The van der Waals surface area contributed by atoms with Crippen LogP contribution in [0.4, 0.5) is 13.2 Å². The van der Waals surface area contributed by atoms with Crippen LogP contribution in [0, 0.1) is 0 Å². The summed E-state index contributed by atoms with van der Waals surface area (Å²) in [6.07, 6.45) is 1.42. The number of nitrogens with one attached hydrogen (secondary N) is 2. The Hall–Kier alpha value is -0.0731. The van der Waals surface area contributed by atoms with Gasteiger partial charge in [-0.25, -0.2) is 0 Å². The molecule has 0 aromatic carbocycles. The van der Waals surface area contributed by atoms with Gasteiger partial charge in [0.2, 0.25) is 0 Å². The fourth-order valence-corrected chi connectivity index (χ4v) is 3.13. The first-order valence-electron chi connectivity index (χ1n) is 5.40. The lowest BCUT2D eigenvalue weighted by Gasteiger charge is -2.26. The second-order valence-electron chi connectivity index (χ2n) is 3.93. The van der Waals surface area contributed by atoms with E-state index in [0.29, 0.717) is 12.8 Å². The highest BCUT2D eigenvalue weighted by Crippen LogP contribution is 2.17. The van der Waals surface area contributed by atoms with Crippen LogP contribution in [0.2, 0.25) is 0 Å². The summed E-state index contributed by atoms with van der Waals surface area (Å²) in [5.41, 5.74) is 0. The van der Waals surface area contributed by atoms with Crippen LogP contribution in [-0.2, 0) is 0 Å². The van der Waals surface area contributed by atoms with Gasteiger partial charge in [-0.3, -0.25) is 0 Å². The van der Waals surface area contributed by atoms with E-state index >= 15 is 0 Å². The highest BCUT2D eigenvalue weighted by Gasteiger charge is 2.42. The molecule has 0 spiro atoms. The molecule has 0 aliphatic rings. The first kappa shape index (κ1) is 14.9. The van der Waals surface area contributed by atoms with Gasteiger partial charge in [0, 0.05) is 0 Å². The molecule has 0 amide bonds. The summed E-state index contributed by atoms with van der Waals surface area (Å²) in [5.74, 6) is -4.10. The zero-order valence-electron chi connectivity index (χ0n) is 9.78. The summed E-state index contributed by atoms with van der Waals surface area (Å²) < 4.78 is 38.0. The highest BCUT2D eigenvalue weighted by molar-refractivity contribution is 6.55. The van der Waals surface area contributed by atoms with E-state index in [1.807, 2.05) is 13.8 Å². The minimum atomic E-state index is -4.10. The number of hydrogen-bond donors (Lipinski definition) is 2. The van der Waals surface area contributed by atoms with E-state index < -0.39 is 14.9 Å². The quantitative estimate of drug-likeness (QED) is 0.697. The fourth-order valence-electron chi connectivity index (χ4n) is 1.04. The summed E-state index contributed by atoms with van der Waals surface area (Å²) in [7, 11) is -3.07. The smallest absolute Gasteiger partial charge is 0.319 e. The molecule has 0 saturated heterocycles. The van der Waals surface area contributed by atoms with Crippen LogP contribution in [0.5, 0.6) is 0 Å². The first-order chi connectivity index (χ1) is 6.81. The van der Waals surface area contributed by atoms with Gasteiger partial charge in [0.1, 0.15) is 0 Å². The molecular formula is C9H21F3N2Si. The first-order valence-corrected chi connectivity index (χ1v) is 7.13. The fraction of sp³-hybridized carbons (Fsp3) is 1.00. The Labute approximate surface area is 91.4 Å². The molecule has 92 valence electrons. The van der Waals surface area contributed by atoms with Crippen molar-refractivity contribution in [2.24, 2.45) is 0 Å². The Balaban J connectivity index is 4.32. The van der Waals surface area contributed by atoms with Crippen molar-refractivity contribution in [3.05, 3.63) is 0 Å². The SMILES string of the molecule is CCC(C)N[SiH](NC(C)CC)C(F)(F)F. The van der Waals surface area contributed by atoms with Crippen molar-refractivity contribution in [1.29, 1.82) is 0 Å². The average Bonchev–Trinajstić information content (AvgIpc) is 2.14. The number of rotatable bonds is 6. The van der Waals surface area contributed by atoms with Gasteiger partial charge < -0.3 is 9.96 Å². The predicted octanol–water partition coefficient (Wildman–Crippen LogP) is 2.08. The van der Waals surface area contributed by atoms with Crippen LogP contribution in [-0.4, -0.2) is 27.0 Å². The third-order valence-corrected chi connectivity index (χ3v) is 4.91. The Morgan fingerprint density at radius 2 is 1.33 bits per heavy atom. The van der Waals surface area contributed by atoms with Crippen LogP contribution in [0.15, 0.2) is 0 Å². The van der Waals surface area contributed by atoms with Crippen LogP contribution in [0.25, 0.3) is 0 Å². The molecule has 2 nitrogen and oxygen atoms in total. The van der Waals surface area contributed by atoms with Crippen molar-refractivity contribution in [2.75, 3.05) is 0 Å². The third kappa shape index (κ3) is 6.16. The molecule has 0 aromatic rings. The maximum absolute atomic E-state index is 12.7. The Morgan fingerprint density at radius 3 is 1.53 bits per heavy atom. The van der Waals surface area contributed by atoms with Gasteiger partial charge in [0.25, 0.3) is 0 Å². The Bertz CT molecular complexity index is 163. The Morgan fingerprint density at radius 1 is 1.00 bits per heavy atom. The van der Waals surface area contributed by atoms with E-state index in [1.165, 1.54) is 0 Å². The molecule has 2 N–H and O–H groups in total. The summed E-state index contributed by atoms with van der Waals surface area (Å²) >= 11 is 0. The van der Waals surface area contributed by atoms with Crippen molar-refractivity contribution in [1.82, 2.24) is 9.96 Å². The van der Waals surface area contributed by atoms with Gasteiger partial charge >= 0.3 is 14.9 Å². The van der Waals surface area contributed by atoms with Gasteiger partial charge in [-0.1, -0.05) is 27.7 Å². The van der Waals surface area contributed by atoms with Gasteiger partial charge in [0.05, 0.1) is 0 Å². The summed E-state index contributed by atoms with van der Waals surface area (Å²) in [6.45, 7) is 7.32. The van der Waals surface area contributed by atoms with E-state index in [0.717, 1.165) is 0 Å². The van der Waals surface area contributed by atoms with Crippen molar-refractivity contribution in [3.8, 4) is 0 Å². The molecule has 2 atom stereocenters. The zero-order chi connectivity index (χ0) is 12.1. The maximum atomic E-state index is 12.7. The van der Waals surface area contributed by atoms with E-state index in [1.54, 1.807) is 13.8 Å². The lowest BCUT2D eigenvalue weighted by Crippen LogP contribution is -2.62. The molecule has 0 radical (unpaired) electrons. The molecule has 0 fully saturated rings. The summed E-state index contributed by atoms with van der Waals surface area (Å²) in [5, 5.41) is 0. The minimum Gasteiger partial charge on any atom is -0.319 e. The third-order valence-electron chi connectivity index (χ3n) is 2.45. The van der Waals surface area contributed by atoms with E-state index in [9.17, 15) is 13.2 Å². The lowest BCUT2D eigenvalue weighted by molar-refractivity contribution is -0.0562. The van der Waals surface area contributed by atoms with Crippen molar-refractivity contribution < 1.29 is 13.2 Å². The zero-order valence-corrected chi connectivity index (χ0v) is 10.9. The van der Waals surface area contributed by atoms with E-state index in [2.05, 4.69) is 9.96 Å². The highest BCUT2D eigenvalue weighted by atomic mass is 28.3.